The van der Waals surface area contributed by atoms with Crippen LogP contribution in [-0.4, -0.2) is 21.5 Å². The summed E-state index contributed by atoms with van der Waals surface area (Å²) in [6.07, 6.45) is 2.06. The van der Waals surface area contributed by atoms with Crippen LogP contribution in [0.3, 0.4) is 0 Å². The molecule has 1 aliphatic heterocycles. The Bertz CT molecular complexity index is 953. The number of aromatic hydroxyl groups is 1. The smallest absolute Gasteiger partial charge is 0.269 e. The molecule has 26 heavy (non-hydrogen) atoms. The molecule has 1 heterocycles. The van der Waals surface area contributed by atoms with Crippen LogP contribution in [0.15, 0.2) is 60.7 Å². The van der Waals surface area contributed by atoms with Crippen molar-refractivity contribution in [1.29, 1.82) is 0 Å². The average molecular weight is 348 g/mol. The number of rotatable bonds is 4. The molecule has 0 saturated carbocycles. The monoisotopic (exact) mass is 348 g/mol. The maximum atomic E-state index is 10.8. The van der Waals surface area contributed by atoms with E-state index in [9.17, 15) is 15.2 Å². The molecule has 1 fully saturated rings. The first-order chi connectivity index (χ1) is 12.6. The van der Waals surface area contributed by atoms with Crippen molar-refractivity contribution in [2.45, 2.75) is 25.4 Å². The largest absolute Gasteiger partial charge is 0.508 e. The molecule has 1 aliphatic rings. The van der Waals surface area contributed by atoms with Gasteiger partial charge in [-0.1, -0.05) is 42.5 Å². The number of nitrogens with zero attached hydrogens (tertiary/aromatic N) is 2. The summed E-state index contributed by atoms with van der Waals surface area (Å²) >= 11 is 0. The van der Waals surface area contributed by atoms with E-state index < -0.39 is 0 Å². The van der Waals surface area contributed by atoms with Crippen LogP contribution in [0, 0.1) is 10.1 Å². The molecule has 3 aromatic carbocycles. The van der Waals surface area contributed by atoms with Crippen molar-refractivity contribution in [2.75, 3.05) is 6.54 Å². The first kappa shape index (κ1) is 16.5. The first-order valence-electron chi connectivity index (χ1n) is 8.81. The number of hydrogen-bond donors (Lipinski definition) is 1. The number of non-ortho nitro benzene ring substituents is 1. The van der Waals surface area contributed by atoms with Gasteiger partial charge in [-0.2, -0.15) is 0 Å². The molecule has 0 aliphatic carbocycles. The number of benzene rings is 3. The van der Waals surface area contributed by atoms with Crippen molar-refractivity contribution < 1.29 is 10.0 Å². The second kappa shape index (κ2) is 6.77. The Balaban J connectivity index is 1.65. The second-order valence-electron chi connectivity index (χ2n) is 6.77. The Morgan fingerprint density at radius 1 is 1.08 bits per heavy atom. The summed E-state index contributed by atoms with van der Waals surface area (Å²) in [4.78, 5) is 12.8. The van der Waals surface area contributed by atoms with Crippen LogP contribution in [0.2, 0.25) is 0 Å². The molecule has 5 heteroatoms. The van der Waals surface area contributed by atoms with Gasteiger partial charge in [0.15, 0.2) is 0 Å². The van der Waals surface area contributed by atoms with Crippen molar-refractivity contribution in [3.63, 3.8) is 0 Å². The highest BCUT2D eigenvalue weighted by Crippen LogP contribution is 2.41. The van der Waals surface area contributed by atoms with Crippen LogP contribution in [0.5, 0.6) is 5.75 Å². The van der Waals surface area contributed by atoms with E-state index in [-0.39, 0.29) is 16.7 Å². The van der Waals surface area contributed by atoms with Crippen LogP contribution >= 0.6 is 0 Å². The third-order valence-corrected chi connectivity index (χ3v) is 5.18. The minimum Gasteiger partial charge on any atom is -0.508 e. The summed E-state index contributed by atoms with van der Waals surface area (Å²) in [5, 5.41) is 23.6. The van der Waals surface area contributed by atoms with Crippen LogP contribution in [-0.2, 0) is 6.54 Å². The molecule has 1 unspecified atom stereocenters. The molecular formula is C21H20N2O3. The number of nitro groups is 1. The third-order valence-electron chi connectivity index (χ3n) is 5.18. The number of likely N-dealkylation sites (tertiary alicyclic amines) is 1. The Morgan fingerprint density at radius 2 is 1.85 bits per heavy atom. The van der Waals surface area contributed by atoms with Crippen molar-refractivity contribution in [2.24, 2.45) is 0 Å². The lowest BCUT2D eigenvalue weighted by Gasteiger charge is -2.26. The topological polar surface area (TPSA) is 66.6 Å². The van der Waals surface area contributed by atoms with Gasteiger partial charge in [-0.15, -0.1) is 0 Å². The molecule has 0 spiro atoms. The molecule has 0 bridgehead atoms. The fourth-order valence-electron chi connectivity index (χ4n) is 3.93. The zero-order valence-corrected chi connectivity index (χ0v) is 14.3. The number of phenols is 1. The standard InChI is InChI=1S/C21H20N2O3/c24-20-12-9-16-4-1-2-5-18(16)21(20)19-6-3-13-22(19)14-15-7-10-17(11-8-15)23(25)26/h1-2,4-5,7-12,19,24H,3,6,13-14H2. The highest BCUT2D eigenvalue weighted by atomic mass is 16.6. The highest BCUT2D eigenvalue weighted by molar-refractivity contribution is 5.88. The van der Waals surface area contributed by atoms with Crippen molar-refractivity contribution >= 4 is 16.5 Å². The first-order valence-corrected chi connectivity index (χ1v) is 8.81. The Morgan fingerprint density at radius 3 is 2.62 bits per heavy atom. The summed E-state index contributed by atoms with van der Waals surface area (Å²) in [5.41, 5.74) is 2.14. The van der Waals surface area contributed by atoms with Crippen LogP contribution in [0.1, 0.15) is 30.0 Å². The summed E-state index contributed by atoms with van der Waals surface area (Å²) in [6, 6.07) is 18.7. The maximum Gasteiger partial charge on any atom is 0.269 e. The quantitative estimate of drug-likeness (QED) is 0.544. The third kappa shape index (κ3) is 3.02. The van der Waals surface area contributed by atoms with Gasteiger partial charge < -0.3 is 5.11 Å². The van der Waals surface area contributed by atoms with Crippen LogP contribution in [0.25, 0.3) is 10.8 Å². The lowest BCUT2D eigenvalue weighted by molar-refractivity contribution is -0.384. The van der Waals surface area contributed by atoms with E-state index in [0.29, 0.717) is 12.3 Å². The van der Waals surface area contributed by atoms with E-state index in [0.717, 1.165) is 41.3 Å². The molecule has 1 saturated heterocycles. The van der Waals surface area contributed by atoms with E-state index in [1.54, 1.807) is 18.2 Å². The molecule has 132 valence electrons. The van der Waals surface area contributed by atoms with Gasteiger partial charge in [-0.3, -0.25) is 15.0 Å². The second-order valence-corrected chi connectivity index (χ2v) is 6.77. The molecule has 0 amide bonds. The molecule has 4 rings (SSSR count). The molecule has 1 N–H and O–H groups in total. The van der Waals surface area contributed by atoms with E-state index >= 15 is 0 Å². The molecular weight excluding hydrogens is 328 g/mol. The van der Waals surface area contributed by atoms with Gasteiger partial charge in [0.2, 0.25) is 0 Å². The average Bonchev–Trinajstić information content (AvgIpc) is 3.09. The van der Waals surface area contributed by atoms with Gasteiger partial charge in [-0.05, 0) is 41.8 Å². The Labute approximate surface area is 151 Å². The van der Waals surface area contributed by atoms with Crippen molar-refractivity contribution in [3.05, 3.63) is 81.9 Å². The summed E-state index contributed by atoms with van der Waals surface area (Å²) in [6.45, 7) is 1.66. The van der Waals surface area contributed by atoms with Gasteiger partial charge >= 0.3 is 0 Å². The summed E-state index contributed by atoms with van der Waals surface area (Å²) in [7, 11) is 0. The SMILES string of the molecule is O=[N+]([O-])c1ccc(CN2CCCC2c2c(O)ccc3ccccc23)cc1. The highest BCUT2D eigenvalue weighted by Gasteiger charge is 2.29. The number of nitro benzene ring substituents is 1. The van der Waals surface area contributed by atoms with E-state index in [1.165, 1.54) is 0 Å². The maximum absolute atomic E-state index is 10.8. The number of hydrogen-bond acceptors (Lipinski definition) is 4. The molecule has 3 aromatic rings. The van der Waals surface area contributed by atoms with E-state index in [2.05, 4.69) is 17.0 Å². The fraction of sp³-hybridized carbons (Fsp3) is 0.238. The normalized spacial score (nSPS) is 17.6. The van der Waals surface area contributed by atoms with Crippen molar-refractivity contribution in [3.8, 4) is 5.75 Å². The minimum atomic E-state index is -0.378. The van der Waals surface area contributed by atoms with Gasteiger partial charge in [0.05, 0.1) is 4.92 Å². The summed E-state index contributed by atoms with van der Waals surface area (Å²) < 4.78 is 0. The minimum absolute atomic E-state index is 0.110. The lowest BCUT2D eigenvalue weighted by atomic mass is 9.96. The number of fused-ring (bicyclic) bond motifs is 1. The van der Waals surface area contributed by atoms with Crippen LogP contribution in [0.4, 0.5) is 5.69 Å². The molecule has 0 radical (unpaired) electrons. The van der Waals surface area contributed by atoms with Crippen LogP contribution < -0.4 is 0 Å². The predicted octanol–water partition coefficient (Wildman–Crippen LogP) is 4.79. The zero-order chi connectivity index (χ0) is 18.1. The number of phenolic OH excluding ortho intramolecular Hbond substituents is 1. The Kier molecular flexibility index (Phi) is 4.31. The fourth-order valence-corrected chi connectivity index (χ4v) is 3.93. The van der Waals surface area contributed by atoms with Crippen molar-refractivity contribution in [1.82, 2.24) is 4.90 Å². The van der Waals surface area contributed by atoms with Gasteiger partial charge in [-0.25, -0.2) is 0 Å². The molecule has 1 atom stereocenters. The Hall–Kier alpha value is -2.92. The van der Waals surface area contributed by atoms with E-state index in [4.69, 9.17) is 0 Å². The van der Waals surface area contributed by atoms with Gasteiger partial charge in [0.1, 0.15) is 5.75 Å². The predicted molar refractivity (Wildman–Crippen MR) is 101 cm³/mol. The zero-order valence-electron chi connectivity index (χ0n) is 14.3. The summed E-state index contributed by atoms with van der Waals surface area (Å²) in [5.74, 6) is 0.337. The van der Waals surface area contributed by atoms with Gasteiger partial charge in [0, 0.05) is 30.3 Å². The van der Waals surface area contributed by atoms with E-state index in [1.807, 2.05) is 30.3 Å². The van der Waals surface area contributed by atoms with Gasteiger partial charge in [0.25, 0.3) is 5.69 Å². The lowest BCUT2D eigenvalue weighted by Crippen LogP contribution is -2.23. The molecule has 5 nitrogen and oxygen atoms in total. The molecule has 0 aromatic heterocycles.